The van der Waals surface area contributed by atoms with Crippen molar-refractivity contribution in [1.29, 1.82) is 0 Å². The van der Waals surface area contributed by atoms with Gasteiger partial charge in [-0.05, 0) is 37.0 Å². The maximum Gasteiger partial charge on any atom is 0.253 e. The van der Waals surface area contributed by atoms with Crippen molar-refractivity contribution in [3.05, 3.63) is 29.8 Å². The van der Waals surface area contributed by atoms with Gasteiger partial charge in [0.25, 0.3) is 5.91 Å². The standard InChI is InChI=1S/C14H20N2O3S/c1-11-5-4-8-16(10-11)14(17)12-6-3-7-13(9-12)15-20(2,18)19/h3,6-7,9,11,15H,4-5,8,10H2,1-2H3/t11-/m0/s1. The number of carbonyl (C=O) groups is 1. The van der Waals surface area contributed by atoms with Crippen molar-refractivity contribution < 1.29 is 13.2 Å². The van der Waals surface area contributed by atoms with Crippen LogP contribution in [0.1, 0.15) is 30.1 Å². The van der Waals surface area contributed by atoms with Gasteiger partial charge in [0.1, 0.15) is 0 Å². The minimum Gasteiger partial charge on any atom is -0.338 e. The van der Waals surface area contributed by atoms with Crippen LogP contribution >= 0.6 is 0 Å². The van der Waals surface area contributed by atoms with E-state index >= 15 is 0 Å². The number of benzene rings is 1. The summed E-state index contributed by atoms with van der Waals surface area (Å²) in [5.41, 5.74) is 0.941. The van der Waals surface area contributed by atoms with Gasteiger partial charge in [0.05, 0.1) is 6.26 Å². The third-order valence-corrected chi connectivity index (χ3v) is 3.96. The van der Waals surface area contributed by atoms with Crippen molar-refractivity contribution >= 4 is 21.6 Å². The Morgan fingerprint density at radius 3 is 2.80 bits per heavy atom. The molecule has 1 amide bonds. The minimum absolute atomic E-state index is 0.0336. The van der Waals surface area contributed by atoms with Crippen molar-refractivity contribution in [2.24, 2.45) is 5.92 Å². The molecule has 1 aromatic carbocycles. The molecular formula is C14H20N2O3S. The fraction of sp³-hybridized carbons (Fsp3) is 0.500. The predicted molar refractivity (Wildman–Crippen MR) is 79.2 cm³/mol. The average Bonchev–Trinajstić information content (AvgIpc) is 2.36. The summed E-state index contributed by atoms with van der Waals surface area (Å²) in [6.45, 7) is 3.68. The van der Waals surface area contributed by atoms with Crippen molar-refractivity contribution in [2.75, 3.05) is 24.1 Å². The van der Waals surface area contributed by atoms with Crippen LogP contribution in [0.4, 0.5) is 5.69 Å². The molecule has 1 atom stereocenters. The number of anilines is 1. The second kappa shape index (κ2) is 5.83. The number of amides is 1. The quantitative estimate of drug-likeness (QED) is 0.927. The van der Waals surface area contributed by atoms with Gasteiger partial charge in [-0.25, -0.2) is 8.42 Å². The second-order valence-electron chi connectivity index (χ2n) is 5.45. The summed E-state index contributed by atoms with van der Waals surface area (Å²) < 4.78 is 24.8. The van der Waals surface area contributed by atoms with E-state index in [1.54, 1.807) is 24.3 Å². The Balaban J connectivity index is 2.16. The van der Waals surface area contributed by atoms with Crippen LogP contribution in [0.25, 0.3) is 0 Å². The van der Waals surface area contributed by atoms with Crippen LogP contribution < -0.4 is 4.72 Å². The Morgan fingerprint density at radius 1 is 1.40 bits per heavy atom. The van der Waals surface area contributed by atoms with E-state index in [2.05, 4.69) is 11.6 Å². The molecule has 1 heterocycles. The predicted octanol–water partition coefficient (Wildman–Crippen LogP) is 1.93. The number of sulfonamides is 1. The third-order valence-electron chi connectivity index (χ3n) is 3.36. The van der Waals surface area contributed by atoms with Crippen LogP contribution in [-0.2, 0) is 10.0 Å². The number of likely N-dealkylation sites (tertiary alicyclic amines) is 1. The number of rotatable bonds is 3. The van der Waals surface area contributed by atoms with Gasteiger partial charge in [0.2, 0.25) is 10.0 Å². The van der Waals surface area contributed by atoms with E-state index in [0.717, 1.165) is 32.2 Å². The molecule has 1 aliphatic rings. The Bertz CT molecular complexity index is 598. The fourth-order valence-electron chi connectivity index (χ4n) is 2.49. The zero-order valence-electron chi connectivity index (χ0n) is 11.8. The molecule has 0 aromatic heterocycles. The highest BCUT2D eigenvalue weighted by Gasteiger charge is 2.22. The molecule has 0 radical (unpaired) electrons. The molecular weight excluding hydrogens is 276 g/mol. The number of hydrogen-bond acceptors (Lipinski definition) is 3. The fourth-order valence-corrected chi connectivity index (χ4v) is 3.04. The molecule has 2 rings (SSSR count). The van der Waals surface area contributed by atoms with E-state index in [4.69, 9.17) is 0 Å². The first-order valence-electron chi connectivity index (χ1n) is 6.72. The summed E-state index contributed by atoms with van der Waals surface area (Å²) in [6.07, 6.45) is 3.27. The number of carbonyl (C=O) groups excluding carboxylic acids is 1. The van der Waals surface area contributed by atoms with Gasteiger partial charge in [-0.3, -0.25) is 9.52 Å². The maximum absolute atomic E-state index is 12.4. The van der Waals surface area contributed by atoms with E-state index in [9.17, 15) is 13.2 Å². The highest BCUT2D eigenvalue weighted by Crippen LogP contribution is 2.19. The SMILES string of the molecule is C[C@H]1CCCN(C(=O)c2cccc(NS(C)(=O)=O)c2)C1. The molecule has 5 nitrogen and oxygen atoms in total. The van der Waals surface area contributed by atoms with Gasteiger partial charge in [0, 0.05) is 24.3 Å². The molecule has 1 fully saturated rings. The summed E-state index contributed by atoms with van der Waals surface area (Å²) in [4.78, 5) is 14.3. The van der Waals surface area contributed by atoms with E-state index in [-0.39, 0.29) is 5.91 Å². The smallest absolute Gasteiger partial charge is 0.253 e. The molecule has 0 unspecified atom stereocenters. The van der Waals surface area contributed by atoms with Crippen LogP contribution in [0.3, 0.4) is 0 Å². The molecule has 0 saturated carbocycles. The van der Waals surface area contributed by atoms with Crippen LogP contribution in [0.2, 0.25) is 0 Å². The summed E-state index contributed by atoms with van der Waals surface area (Å²) in [6, 6.07) is 6.63. The molecule has 20 heavy (non-hydrogen) atoms. The van der Waals surface area contributed by atoms with Gasteiger partial charge in [0.15, 0.2) is 0 Å². The number of piperidine rings is 1. The summed E-state index contributed by atoms with van der Waals surface area (Å²) in [5, 5.41) is 0. The molecule has 1 aromatic rings. The van der Waals surface area contributed by atoms with E-state index in [1.165, 1.54) is 0 Å². The summed E-state index contributed by atoms with van der Waals surface area (Å²) >= 11 is 0. The molecule has 1 N–H and O–H groups in total. The lowest BCUT2D eigenvalue weighted by Gasteiger charge is -2.31. The molecule has 0 bridgehead atoms. The first-order valence-corrected chi connectivity index (χ1v) is 8.61. The monoisotopic (exact) mass is 296 g/mol. The van der Waals surface area contributed by atoms with E-state index in [1.807, 2.05) is 4.90 Å². The van der Waals surface area contributed by atoms with E-state index in [0.29, 0.717) is 17.2 Å². The first-order chi connectivity index (χ1) is 9.35. The number of hydrogen-bond donors (Lipinski definition) is 1. The zero-order valence-corrected chi connectivity index (χ0v) is 12.6. The van der Waals surface area contributed by atoms with Gasteiger partial charge in [-0.2, -0.15) is 0 Å². The Morgan fingerprint density at radius 2 is 2.15 bits per heavy atom. The second-order valence-corrected chi connectivity index (χ2v) is 7.20. The molecule has 1 saturated heterocycles. The Kier molecular flexibility index (Phi) is 4.32. The summed E-state index contributed by atoms with van der Waals surface area (Å²) in [7, 11) is -3.33. The number of nitrogens with zero attached hydrogens (tertiary/aromatic N) is 1. The zero-order chi connectivity index (χ0) is 14.8. The molecule has 110 valence electrons. The van der Waals surface area contributed by atoms with Crippen LogP contribution in [0.15, 0.2) is 24.3 Å². The normalized spacial score (nSPS) is 19.7. The van der Waals surface area contributed by atoms with Crippen LogP contribution in [-0.4, -0.2) is 38.6 Å². The van der Waals surface area contributed by atoms with Crippen LogP contribution in [0, 0.1) is 5.92 Å². The third kappa shape index (κ3) is 3.96. The molecule has 0 spiro atoms. The largest absolute Gasteiger partial charge is 0.338 e. The van der Waals surface area contributed by atoms with Crippen molar-refractivity contribution in [2.45, 2.75) is 19.8 Å². The topological polar surface area (TPSA) is 66.5 Å². The molecule has 6 heteroatoms. The van der Waals surface area contributed by atoms with Crippen molar-refractivity contribution in [1.82, 2.24) is 4.90 Å². The van der Waals surface area contributed by atoms with Gasteiger partial charge >= 0.3 is 0 Å². The van der Waals surface area contributed by atoms with E-state index < -0.39 is 10.0 Å². The van der Waals surface area contributed by atoms with Gasteiger partial charge in [-0.1, -0.05) is 13.0 Å². The maximum atomic E-state index is 12.4. The lowest BCUT2D eigenvalue weighted by molar-refractivity contribution is 0.0683. The van der Waals surface area contributed by atoms with Crippen molar-refractivity contribution in [3.63, 3.8) is 0 Å². The van der Waals surface area contributed by atoms with Gasteiger partial charge < -0.3 is 4.90 Å². The molecule has 1 aliphatic heterocycles. The molecule has 0 aliphatic carbocycles. The first kappa shape index (κ1) is 14.8. The Labute approximate surface area is 120 Å². The summed E-state index contributed by atoms with van der Waals surface area (Å²) in [5.74, 6) is 0.485. The highest BCUT2D eigenvalue weighted by atomic mass is 32.2. The van der Waals surface area contributed by atoms with Crippen LogP contribution in [0.5, 0.6) is 0 Å². The Hall–Kier alpha value is -1.56. The lowest BCUT2D eigenvalue weighted by Crippen LogP contribution is -2.39. The lowest BCUT2D eigenvalue weighted by atomic mass is 9.99. The average molecular weight is 296 g/mol. The highest BCUT2D eigenvalue weighted by molar-refractivity contribution is 7.92. The minimum atomic E-state index is -3.33. The number of nitrogens with one attached hydrogen (secondary N) is 1. The van der Waals surface area contributed by atoms with Gasteiger partial charge in [-0.15, -0.1) is 0 Å². The van der Waals surface area contributed by atoms with Crippen molar-refractivity contribution in [3.8, 4) is 0 Å².